The van der Waals surface area contributed by atoms with Crippen molar-refractivity contribution in [3.05, 3.63) is 30.1 Å². The number of carbonyl (C=O) groups is 2. The second kappa shape index (κ2) is 7.09. The SMILES string of the molecule is CC(=O)c1nc2ccccc2n1C[C@@H]1CCCCN1C(=O)OC(C)(C)C. The molecule has 2 heterocycles. The first-order valence-corrected chi connectivity index (χ1v) is 9.22. The summed E-state index contributed by atoms with van der Waals surface area (Å²) in [4.78, 5) is 31.0. The van der Waals surface area contributed by atoms with Gasteiger partial charge >= 0.3 is 6.09 Å². The minimum atomic E-state index is -0.522. The Kier molecular flexibility index (Phi) is 5.03. The molecule has 1 atom stereocenters. The lowest BCUT2D eigenvalue weighted by Crippen LogP contribution is -2.48. The molecular formula is C20H27N3O3. The number of ketones is 1. The highest BCUT2D eigenvalue weighted by Gasteiger charge is 2.31. The number of amides is 1. The smallest absolute Gasteiger partial charge is 0.410 e. The number of piperidine rings is 1. The van der Waals surface area contributed by atoms with Crippen molar-refractivity contribution in [1.82, 2.24) is 14.5 Å². The number of ether oxygens (including phenoxy) is 1. The number of fused-ring (bicyclic) bond motifs is 1. The number of imidazole rings is 1. The highest BCUT2D eigenvalue weighted by molar-refractivity contribution is 5.94. The molecule has 0 spiro atoms. The number of carbonyl (C=O) groups excluding carboxylic acids is 2. The molecule has 0 N–H and O–H groups in total. The van der Waals surface area contributed by atoms with Crippen LogP contribution in [0.25, 0.3) is 11.0 Å². The molecule has 1 fully saturated rings. The fraction of sp³-hybridized carbons (Fsp3) is 0.550. The third-order valence-corrected chi connectivity index (χ3v) is 4.62. The number of hydrogen-bond donors (Lipinski definition) is 0. The summed E-state index contributed by atoms with van der Waals surface area (Å²) in [7, 11) is 0. The first-order chi connectivity index (χ1) is 12.3. The fourth-order valence-electron chi connectivity index (χ4n) is 3.49. The van der Waals surface area contributed by atoms with Crippen LogP contribution >= 0.6 is 0 Å². The van der Waals surface area contributed by atoms with Gasteiger partial charge in [0.25, 0.3) is 0 Å². The maximum absolute atomic E-state index is 12.6. The van der Waals surface area contributed by atoms with Gasteiger partial charge in [-0.15, -0.1) is 0 Å². The number of aromatic nitrogens is 2. The molecule has 6 heteroatoms. The Morgan fingerprint density at radius 1 is 1.23 bits per heavy atom. The molecule has 0 unspecified atom stereocenters. The molecule has 6 nitrogen and oxygen atoms in total. The molecule has 1 aromatic heterocycles. The zero-order valence-corrected chi connectivity index (χ0v) is 16.0. The number of likely N-dealkylation sites (tertiary alicyclic amines) is 1. The van der Waals surface area contributed by atoms with E-state index >= 15 is 0 Å². The summed E-state index contributed by atoms with van der Waals surface area (Å²) in [5, 5.41) is 0. The van der Waals surface area contributed by atoms with Crippen molar-refractivity contribution in [2.24, 2.45) is 0 Å². The molecule has 1 saturated heterocycles. The maximum Gasteiger partial charge on any atom is 0.410 e. The van der Waals surface area contributed by atoms with Gasteiger partial charge in [0, 0.05) is 20.0 Å². The van der Waals surface area contributed by atoms with Crippen LogP contribution in [0, 0.1) is 0 Å². The average molecular weight is 357 g/mol. The van der Waals surface area contributed by atoms with E-state index in [4.69, 9.17) is 4.74 Å². The lowest BCUT2D eigenvalue weighted by molar-refractivity contribution is 0.00789. The van der Waals surface area contributed by atoms with E-state index in [-0.39, 0.29) is 17.9 Å². The van der Waals surface area contributed by atoms with Gasteiger partial charge in [-0.3, -0.25) is 4.79 Å². The number of benzene rings is 1. The Morgan fingerprint density at radius 3 is 2.65 bits per heavy atom. The van der Waals surface area contributed by atoms with Gasteiger partial charge in [0.2, 0.25) is 0 Å². The summed E-state index contributed by atoms with van der Waals surface area (Å²) < 4.78 is 7.54. The number of hydrogen-bond acceptors (Lipinski definition) is 4. The van der Waals surface area contributed by atoms with Crippen LogP contribution in [-0.2, 0) is 11.3 Å². The van der Waals surface area contributed by atoms with Crippen molar-refractivity contribution in [1.29, 1.82) is 0 Å². The largest absolute Gasteiger partial charge is 0.444 e. The van der Waals surface area contributed by atoms with E-state index in [1.165, 1.54) is 6.92 Å². The third kappa shape index (κ3) is 3.89. The van der Waals surface area contributed by atoms with E-state index in [0.717, 1.165) is 30.3 Å². The van der Waals surface area contributed by atoms with Crippen LogP contribution in [0.3, 0.4) is 0 Å². The molecule has 1 amide bonds. The van der Waals surface area contributed by atoms with Crippen LogP contribution in [0.4, 0.5) is 4.79 Å². The number of rotatable bonds is 3. The lowest BCUT2D eigenvalue weighted by atomic mass is 10.0. The molecular weight excluding hydrogens is 330 g/mol. The molecule has 2 aromatic rings. The Hall–Kier alpha value is -2.37. The zero-order valence-electron chi connectivity index (χ0n) is 16.0. The van der Waals surface area contributed by atoms with Gasteiger partial charge < -0.3 is 14.2 Å². The van der Waals surface area contributed by atoms with Gasteiger partial charge in [-0.2, -0.15) is 0 Å². The van der Waals surface area contributed by atoms with Crippen molar-refractivity contribution in [2.45, 2.75) is 65.1 Å². The van der Waals surface area contributed by atoms with E-state index in [1.807, 2.05) is 54.5 Å². The predicted octanol–water partition coefficient (Wildman–Crippen LogP) is 4.03. The van der Waals surface area contributed by atoms with Crippen molar-refractivity contribution in [3.8, 4) is 0 Å². The third-order valence-electron chi connectivity index (χ3n) is 4.62. The molecule has 1 aliphatic rings. The standard InChI is InChI=1S/C20H27N3O3/c1-14(24)18-21-16-10-5-6-11-17(16)23(18)13-15-9-7-8-12-22(15)19(25)26-20(2,3)4/h5-6,10-11,15H,7-9,12-13H2,1-4H3/t15-/m0/s1. The minimum Gasteiger partial charge on any atom is -0.444 e. The molecule has 0 bridgehead atoms. The van der Waals surface area contributed by atoms with Crippen LogP contribution in [0.1, 0.15) is 57.6 Å². The topological polar surface area (TPSA) is 64.4 Å². The van der Waals surface area contributed by atoms with Crippen molar-refractivity contribution in [3.63, 3.8) is 0 Å². The van der Waals surface area contributed by atoms with Crippen LogP contribution in [-0.4, -0.2) is 44.5 Å². The summed E-state index contributed by atoms with van der Waals surface area (Å²) in [5.41, 5.74) is 1.20. The van der Waals surface area contributed by atoms with E-state index < -0.39 is 5.60 Å². The zero-order chi connectivity index (χ0) is 18.9. The summed E-state index contributed by atoms with van der Waals surface area (Å²) >= 11 is 0. The summed E-state index contributed by atoms with van der Waals surface area (Å²) in [6.07, 6.45) is 2.64. The van der Waals surface area contributed by atoms with Crippen LogP contribution < -0.4 is 0 Å². The van der Waals surface area contributed by atoms with E-state index in [1.54, 1.807) is 0 Å². The van der Waals surface area contributed by atoms with Gasteiger partial charge in [-0.1, -0.05) is 12.1 Å². The van der Waals surface area contributed by atoms with Crippen molar-refractivity contribution in [2.75, 3.05) is 6.54 Å². The first kappa shape index (κ1) is 18.4. The van der Waals surface area contributed by atoms with Crippen LogP contribution in [0.15, 0.2) is 24.3 Å². The molecule has 26 heavy (non-hydrogen) atoms. The summed E-state index contributed by atoms with van der Waals surface area (Å²) in [6.45, 7) is 8.39. The molecule has 0 radical (unpaired) electrons. The van der Waals surface area contributed by atoms with E-state index in [2.05, 4.69) is 4.98 Å². The molecule has 3 rings (SSSR count). The van der Waals surface area contributed by atoms with Crippen molar-refractivity contribution >= 4 is 22.9 Å². The minimum absolute atomic E-state index is 0.00527. The maximum atomic E-state index is 12.6. The quantitative estimate of drug-likeness (QED) is 0.778. The van der Waals surface area contributed by atoms with Crippen molar-refractivity contribution < 1.29 is 14.3 Å². The molecule has 0 aliphatic carbocycles. The van der Waals surface area contributed by atoms with Gasteiger partial charge in [-0.05, 0) is 52.2 Å². The fourth-order valence-corrected chi connectivity index (χ4v) is 3.49. The average Bonchev–Trinajstić information content (AvgIpc) is 2.93. The van der Waals surface area contributed by atoms with Gasteiger partial charge in [-0.25, -0.2) is 9.78 Å². The van der Waals surface area contributed by atoms with Gasteiger partial charge in [0.05, 0.1) is 17.1 Å². The number of nitrogens with zero attached hydrogens (tertiary/aromatic N) is 3. The second-order valence-electron chi connectivity index (χ2n) is 7.91. The van der Waals surface area contributed by atoms with E-state index in [9.17, 15) is 9.59 Å². The summed E-state index contributed by atoms with van der Waals surface area (Å²) in [5.74, 6) is 0.377. The van der Waals surface area contributed by atoms with Crippen LogP contribution in [0.5, 0.6) is 0 Å². The molecule has 1 aromatic carbocycles. The Balaban J connectivity index is 1.91. The van der Waals surface area contributed by atoms with Crippen LogP contribution in [0.2, 0.25) is 0 Å². The summed E-state index contributed by atoms with van der Waals surface area (Å²) in [6, 6.07) is 7.73. The van der Waals surface area contributed by atoms with E-state index in [0.29, 0.717) is 18.9 Å². The number of para-hydroxylation sites is 2. The number of Topliss-reactive ketones (excluding diaryl/α,β-unsaturated/α-hetero) is 1. The first-order valence-electron chi connectivity index (χ1n) is 9.22. The second-order valence-corrected chi connectivity index (χ2v) is 7.91. The molecule has 0 saturated carbocycles. The normalized spacial score (nSPS) is 18.2. The van der Waals surface area contributed by atoms with Gasteiger partial charge in [0.15, 0.2) is 11.6 Å². The molecule has 1 aliphatic heterocycles. The highest BCUT2D eigenvalue weighted by Crippen LogP contribution is 2.24. The monoisotopic (exact) mass is 357 g/mol. The Bertz CT molecular complexity index is 819. The Morgan fingerprint density at radius 2 is 1.96 bits per heavy atom. The molecule has 140 valence electrons. The van der Waals surface area contributed by atoms with Gasteiger partial charge in [0.1, 0.15) is 5.60 Å². The lowest BCUT2D eigenvalue weighted by Gasteiger charge is -2.37. The Labute approximate surface area is 154 Å². The predicted molar refractivity (Wildman–Crippen MR) is 100 cm³/mol. The highest BCUT2D eigenvalue weighted by atomic mass is 16.6.